The van der Waals surface area contributed by atoms with E-state index in [1.807, 2.05) is 4.57 Å². The van der Waals surface area contributed by atoms with E-state index >= 15 is 0 Å². The van der Waals surface area contributed by atoms with E-state index in [1.165, 1.54) is 23.5 Å². The summed E-state index contributed by atoms with van der Waals surface area (Å²) in [6.45, 7) is 0.991. The van der Waals surface area contributed by atoms with Crippen LogP contribution in [0.15, 0.2) is 35.5 Å². The van der Waals surface area contributed by atoms with Gasteiger partial charge in [0.1, 0.15) is 5.82 Å². The highest BCUT2D eigenvalue weighted by Gasteiger charge is 2.11. The average molecular weight is 334 g/mol. The number of hydrogen-bond donors (Lipinski definition) is 0. The van der Waals surface area contributed by atoms with Gasteiger partial charge in [-0.25, -0.2) is 4.39 Å². The summed E-state index contributed by atoms with van der Waals surface area (Å²) in [5.74, 6) is -0.746. The standard InChI is InChI=1S/C15H15FN4O2S/c1-19-6-5-11(18-19)14(21)17-15-20(7-8-22-2)12-4-3-10(16)9-13(12)23-15/h3-6,9H,7-8H2,1-2H3. The molecule has 2 aromatic heterocycles. The van der Waals surface area contributed by atoms with Crippen molar-refractivity contribution in [3.05, 3.63) is 46.8 Å². The number of thiazole rings is 1. The van der Waals surface area contributed by atoms with Crippen molar-refractivity contribution in [3.8, 4) is 0 Å². The molecule has 23 heavy (non-hydrogen) atoms. The highest BCUT2D eigenvalue weighted by Crippen LogP contribution is 2.18. The third kappa shape index (κ3) is 3.22. The lowest BCUT2D eigenvalue weighted by Gasteiger charge is -2.03. The van der Waals surface area contributed by atoms with E-state index in [0.717, 1.165) is 10.2 Å². The summed E-state index contributed by atoms with van der Waals surface area (Å²) in [6.07, 6.45) is 1.68. The summed E-state index contributed by atoms with van der Waals surface area (Å²) >= 11 is 1.26. The zero-order valence-electron chi connectivity index (χ0n) is 12.7. The largest absolute Gasteiger partial charge is 0.383 e. The van der Waals surface area contributed by atoms with Crippen molar-refractivity contribution in [2.75, 3.05) is 13.7 Å². The van der Waals surface area contributed by atoms with Gasteiger partial charge in [0.2, 0.25) is 0 Å². The molecule has 2 heterocycles. The van der Waals surface area contributed by atoms with Crippen LogP contribution in [0, 0.1) is 5.82 Å². The van der Waals surface area contributed by atoms with Crippen LogP contribution in [0.4, 0.5) is 4.39 Å². The molecule has 0 aliphatic carbocycles. The summed E-state index contributed by atoms with van der Waals surface area (Å²) in [5, 5.41) is 4.05. The summed E-state index contributed by atoms with van der Waals surface area (Å²) in [5.41, 5.74) is 1.09. The zero-order chi connectivity index (χ0) is 16.4. The summed E-state index contributed by atoms with van der Waals surface area (Å²) in [7, 11) is 3.34. The van der Waals surface area contributed by atoms with Gasteiger partial charge in [-0.2, -0.15) is 10.1 Å². The molecule has 3 rings (SSSR count). The highest BCUT2D eigenvalue weighted by atomic mass is 32.1. The van der Waals surface area contributed by atoms with E-state index in [-0.39, 0.29) is 11.5 Å². The van der Waals surface area contributed by atoms with Gasteiger partial charge in [-0.15, -0.1) is 0 Å². The fraction of sp³-hybridized carbons (Fsp3) is 0.267. The van der Waals surface area contributed by atoms with Crippen molar-refractivity contribution in [2.45, 2.75) is 6.54 Å². The Morgan fingerprint density at radius 3 is 2.96 bits per heavy atom. The van der Waals surface area contributed by atoms with E-state index in [1.54, 1.807) is 37.2 Å². The Balaban J connectivity index is 2.11. The molecule has 1 aromatic carbocycles. The number of aryl methyl sites for hydroxylation is 1. The quantitative estimate of drug-likeness (QED) is 0.733. The molecule has 0 saturated heterocycles. The lowest BCUT2D eigenvalue weighted by Crippen LogP contribution is -2.19. The fourth-order valence-electron chi connectivity index (χ4n) is 2.20. The molecule has 0 spiro atoms. The van der Waals surface area contributed by atoms with Gasteiger partial charge in [0.25, 0.3) is 5.91 Å². The zero-order valence-corrected chi connectivity index (χ0v) is 13.5. The molecule has 0 atom stereocenters. The van der Waals surface area contributed by atoms with E-state index < -0.39 is 5.91 Å². The second-order valence-electron chi connectivity index (χ2n) is 4.93. The Bertz CT molecular complexity index is 925. The molecule has 1 amide bonds. The minimum Gasteiger partial charge on any atom is -0.383 e. The number of carbonyl (C=O) groups excluding carboxylic acids is 1. The maximum Gasteiger partial charge on any atom is 0.300 e. The number of fused-ring (bicyclic) bond motifs is 1. The third-order valence-electron chi connectivity index (χ3n) is 3.29. The van der Waals surface area contributed by atoms with Crippen LogP contribution in [0.5, 0.6) is 0 Å². The molecule has 0 unspecified atom stereocenters. The maximum atomic E-state index is 13.4. The molecule has 8 heteroatoms. The summed E-state index contributed by atoms with van der Waals surface area (Å²) in [4.78, 5) is 16.9. The molecule has 0 bridgehead atoms. The molecule has 3 aromatic rings. The van der Waals surface area contributed by atoms with Gasteiger partial charge < -0.3 is 9.30 Å². The number of amides is 1. The molecule has 0 aliphatic heterocycles. The average Bonchev–Trinajstić information content (AvgIpc) is 3.08. The predicted octanol–water partition coefficient (Wildman–Crippen LogP) is 1.96. The van der Waals surface area contributed by atoms with Crippen molar-refractivity contribution < 1.29 is 13.9 Å². The topological polar surface area (TPSA) is 61.4 Å². The molecule has 0 N–H and O–H groups in total. The molecule has 0 fully saturated rings. The first kappa shape index (κ1) is 15.6. The van der Waals surface area contributed by atoms with Gasteiger partial charge in [0.05, 0.1) is 16.8 Å². The van der Waals surface area contributed by atoms with E-state index in [4.69, 9.17) is 4.74 Å². The molecule has 0 aliphatic rings. The number of aromatic nitrogens is 3. The van der Waals surface area contributed by atoms with Crippen LogP contribution < -0.4 is 4.80 Å². The Hall–Kier alpha value is -2.32. The lowest BCUT2D eigenvalue weighted by atomic mass is 10.3. The van der Waals surface area contributed by atoms with Crippen molar-refractivity contribution in [2.24, 2.45) is 12.0 Å². The first-order valence-corrected chi connectivity index (χ1v) is 7.76. The fourth-order valence-corrected chi connectivity index (χ4v) is 3.28. The van der Waals surface area contributed by atoms with Crippen LogP contribution in [-0.2, 0) is 18.3 Å². The third-order valence-corrected chi connectivity index (χ3v) is 4.33. The highest BCUT2D eigenvalue weighted by molar-refractivity contribution is 7.16. The number of nitrogens with zero attached hydrogens (tertiary/aromatic N) is 4. The van der Waals surface area contributed by atoms with Crippen LogP contribution in [-0.4, -0.2) is 34.0 Å². The van der Waals surface area contributed by atoms with Crippen LogP contribution in [0.3, 0.4) is 0 Å². The van der Waals surface area contributed by atoms with Crippen molar-refractivity contribution in [3.63, 3.8) is 0 Å². The van der Waals surface area contributed by atoms with Gasteiger partial charge in [-0.05, 0) is 24.3 Å². The minimum absolute atomic E-state index is 0.273. The number of hydrogen-bond acceptors (Lipinski definition) is 4. The Labute approximate surface area is 135 Å². The minimum atomic E-state index is -0.427. The molecule has 0 radical (unpaired) electrons. The predicted molar refractivity (Wildman–Crippen MR) is 84.8 cm³/mol. The van der Waals surface area contributed by atoms with Crippen LogP contribution in [0.25, 0.3) is 10.2 Å². The number of carbonyl (C=O) groups is 1. The summed E-state index contributed by atoms with van der Waals surface area (Å²) < 4.78 is 22.7. The SMILES string of the molecule is COCCn1c(=NC(=O)c2ccn(C)n2)sc2cc(F)ccc21. The Morgan fingerprint density at radius 2 is 2.26 bits per heavy atom. The van der Waals surface area contributed by atoms with Crippen molar-refractivity contribution in [1.29, 1.82) is 0 Å². The van der Waals surface area contributed by atoms with Gasteiger partial charge in [-0.1, -0.05) is 11.3 Å². The first-order chi connectivity index (χ1) is 11.1. The van der Waals surface area contributed by atoms with Crippen LogP contribution in [0.1, 0.15) is 10.5 Å². The normalized spacial score (nSPS) is 12.2. The number of methoxy groups -OCH3 is 1. The van der Waals surface area contributed by atoms with Crippen molar-refractivity contribution in [1.82, 2.24) is 14.3 Å². The number of benzene rings is 1. The molecule has 6 nitrogen and oxygen atoms in total. The molecular formula is C15H15FN4O2S. The molecular weight excluding hydrogens is 319 g/mol. The first-order valence-electron chi connectivity index (χ1n) is 6.95. The Morgan fingerprint density at radius 1 is 1.43 bits per heavy atom. The van der Waals surface area contributed by atoms with Gasteiger partial charge in [-0.3, -0.25) is 9.48 Å². The van der Waals surface area contributed by atoms with Gasteiger partial charge in [0.15, 0.2) is 10.5 Å². The smallest absolute Gasteiger partial charge is 0.300 e. The lowest BCUT2D eigenvalue weighted by molar-refractivity contribution is 0.0992. The molecule has 120 valence electrons. The van der Waals surface area contributed by atoms with E-state index in [2.05, 4.69) is 10.1 Å². The molecule has 0 saturated carbocycles. The van der Waals surface area contributed by atoms with Crippen molar-refractivity contribution >= 4 is 27.5 Å². The van der Waals surface area contributed by atoms with Gasteiger partial charge in [0, 0.05) is 26.9 Å². The number of halogens is 1. The monoisotopic (exact) mass is 334 g/mol. The van der Waals surface area contributed by atoms with E-state index in [9.17, 15) is 9.18 Å². The number of ether oxygens (including phenoxy) is 1. The summed E-state index contributed by atoms with van der Waals surface area (Å²) in [6, 6.07) is 6.12. The Kier molecular flexibility index (Phi) is 4.35. The number of rotatable bonds is 4. The maximum absolute atomic E-state index is 13.4. The van der Waals surface area contributed by atoms with Crippen LogP contribution >= 0.6 is 11.3 Å². The van der Waals surface area contributed by atoms with E-state index in [0.29, 0.717) is 18.0 Å². The van der Waals surface area contributed by atoms with Crippen LogP contribution in [0.2, 0.25) is 0 Å². The second kappa shape index (κ2) is 6.43. The second-order valence-corrected chi connectivity index (χ2v) is 5.94. The van der Waals surface area contributed by atoms with Gasteiger partial charge >= 0.3 is 0 Å².